The van der Waals surface area contributed by atoms with Crippen molar-refractivity contribution in [2.45, 2.75) is 32.2 Å². The number of hydrogen-bond acceptors (Lipinski definition) is 2. The zero-order valence-corrected chi connectivity index (χ0v) is 10.4. The Hall–Kier alpha value is -1.49. The van der Waals surface area contributed by atoms with E-state index in [1.165, 1.54) is 12.1 Å². The van der Waals surface area contributed by atoms with Crippen molar-refractivity contribution in [3.63, 3.8) is 0 Å². The first-order valence-electron chi connectivity index (χ1n) is 6.01. The van der Waals surface area contributed by atoms with Crippen LogP contribution in [-0.4, -0.2) is 18.5 Å². The number of nitrogens with one attached hydrogen (secondary N) is 1. The van der Waals surface area contributed by atoms with Gasteiger partial charge in [-0.05, 0) is 30.5 Å². The summed E-state index contributed by atoms with van der Waals surface area (Å²) >= 11 is 0. The van der Waals surface area contributed by atoms with E-state index in [1.807, 2.05) is 6.92 Å². The van der Waals surface area contributed by atoms with Crippen LogP contribution in [0.5, 0.6) is 0 Å². The summed E-state index contributed by atoms with van der Waals surface area (Å²) in [5, 5.41) is 2.65. The van der Waals surface area contributed by atoms with E-state index in [1.54, 1.807) is 0 Å². The SMILES string of the molecule is CCC[C@H](N)C(=O)NCCc1cc(F)cc(F)c1. The molecule has 0 aliphatic rings. The molecule has 0 fully saturated rings. The third-order valence-electron chi connectivity index (χ3n) is 2.57. The molecule has 3 N–H and O–H groups in total. The molecule has 0 saturated carbocycles. The first kappa shape index (κ1) is 14.6. The zero-order chi connectivity index (χ0) is 13.5. The van der Waals surface area contributed by atoms with Crippen molar-refractivity contribution in [1.82, 2.24) is 5.32 Å². The van der Waals surface area contributed by atoms with Gasteiger partial charge in [0.05, 0.1) is 6.04 Å². The Kier molecular flexibility index (Phi) is 5.71. The fraction of sp³-hybridized carbons (Fsp3) is 0.462. The molecule has 0 radical (unpaired) electrons. The number of carbonyl (C=O) groups excluding carboxylic acids is 1. The summed E-state index contributed by atoms with van der Waals surface area (Å²) in [4.78, 5) is 11.5. The predicted octanol–water partition coefficient (Wildman–Crippen LogP) is 1.75. The fourth-order valence-electron chi connectivity index (χ4n) is 1.66. The standard InChI is InChI=1S/C13H18F2N2O/c1-2-3-12(16)13(18)17-5-4-9-6-10(14)8-11(15)7-9/h6-8,12H,2-5,16H2,1H3,(H,17,18)/t12-/m0/s1. The molecule has 0 bridgehead atoms. The van der Waals surface area contributed by atoms with E-state index in [9.17, 15) is 13.6 Å². The lowest BCUT2D eigenvalue weighted by Crippen LogP contribution is -2.41. The molecule has 1 rings (SSSR count). The highest BCUT2D eigenvalue weighted by molar-refractivity contribution is 5.81. The van der Waals surface area contributed by atoms with Gasteiger partial charge in [-0.1, -0.05) is 13.3 Å². The molecule has 0 saturated heterocycles. The highest BCUT2D eigenvalue weighted by Crippen LogP contribution is 2.08. The zero-order valence-electron chi connectivity index (χ0n) is 10.4. The summed E-state index contributed by atoms with van der Waals surface area (Å²) in [6, 6.07) is 2.81. The average Bonchev–Trinajstić information content (AvgIpc) is 2.27. The molecule has 0 aliphatic carbocycles. The van der Waals surface area contributed by atoms with Crippen LogP contribution in [0, 0.1) is 11.6 Å². The van der Waals surface area contributed by atoms with Crippen LogP contribution in [0.25, 0.3) is 0 Å². The number of amides is 1. The van der Waals surface area contributed by atoms with Gasteiger partial charge in [0.1, 0.15) is 11.6 Å². The number of carbonyl (C=O) groups is 1. The molecule has 18 heavy (non-hydrogen) atoms. The minimum absolute atomic E-state index is 0.228. The van der Waals surface area contributed by atoms with Crippen molar-refractivity contribution in [2.75, 3.05) is 6.54 Å². The Morgan fingerprint density at radius 2 is 1.94 bits per heavy atom. The molecule has 0 spiro atoms. The monoisotopic (exact) mass is 256 g/mol. The van der Waals surface area contributed by atoms with E-state index in [-0.39, 0.29) is 5.91 Å². The van der Waals surface area contributed by atoms with Gasteiger partial charge in [0.15, 0.2) is 0 Å². The highest BCUT2D eigenvalue weighted by Gasteiger charge is 2.11. The van der Waals surface area contributed by atoms with Gasteiger partial charge in [-0.15, -0.1) is 0 Å². The maximum Gasteiger partial charge on any atom is 0.236 e. The predicted molar refractivity (Wildman–Crippen MR) is 66.0 cm³/mol. The summed E-state index contributed by atoms with van der Waals surface area (Å²) in [5.74, 6) is -1.45. The van der Waals surface area contributed by atoms with Crippen molar-refractivity contribution < 1.29 is 13.6 Å². The molecule has 3 nitrogen and oxygen atoms in total. The van der Waals surface area contributed by atoms with Crippen LogP contribution < -0.4 is 11.1 Å². The Balaban J connectivity index is 2.39. The van der Waals surface area contributed by atoms with Gasteiger partial charge in [0.25, 0.3) is 0 Å². The van der Waals surface area contributed by atoms with E-state index in [4.69, 9.17) is 5.73 Å². The third kappa shape index (κ3) is 4.79. The average molecular weight is 256 g/mol. The summed E-state index contributed by atoms with van der Waals surface area (Å²) in [5.41, 5.74) is 6.13. The van der Waals surface area contributed by atoms with E-state index < -0.39 is 17.7 Å². The molecule has 0 aromatic heterocycles. The van der Waals surface area contributed by atoms with E-state index in [2.05, 4.69) is 5.32 Å². The van der Waals surface area contributed by atoms with Crippen molar-refractivity contribution in [1.29, 1.82) is 0 Å². The van der Waals surface area contributed by atoms with Crippen LogP contribution in [-0.2, 0) is 11.2 Å². The van der Waals surface area contributed by atoms with Crippen LogP contribution in [0.2, 0.25) is 0 Å². The van der Waals surface area contributed by atoms with Crippen molar-refractivity contribution in [3.8, 4) is 0 Å². The van der Waals surface area contributed by atoms with Gasteiger partial charge in [0.2, 0.25) is 5.91 Å². The molecular formula is C13H18F2N2O. The Bertz CT molecular complexity index is 390. The summed E-state index contributed by atoms with van der Waals surface area (Å²) in [6.45, 7) is 2.27. The van der Waals surface area contributed by atoms with Gasteiger partial charge >= 0.3 is 0 Å². The molecule has 1 amide bonds. The van der Waals surface area contributed by atoms with Crippen molar-refractivity contribution in [3.05, 3.63) is 35.4 Å². The van der Waals surface area contributed by atoms with Gasteiger partial charge in [-0.3, -0.25) is 4.79 Å². The van der Waals surface area contributed by atoms with E-state index >= 15 is 0 Å². The first-order valence-corrected chi connectivity index (χ1v) is 6.01. The summed E-state index contributed by atoms with van der Waals surface area (Å²) < 4.78 is 25.8. The van der Waals surface area contributed by atoms with Gasteiger partial charge in [-0.2, -0.15) is 0 Å². The largest absolute Gasteiger partial charge is 0.354 e. The Labute approximate surface area is 105 Å². The molecular weight excluding hydrogens is 238 g/mol. The maximum absolute atomic E-state index is 12.9. The number of rotatable bonds is 6. The fourth-order valence-corrected chi connectivity index (χ4v) is 1.66. The second-order valence-corrected chi connectivity index (χ2v) is 4.21. The quantitative estimate of drug-likeness (QED) is 0.814. The van der Waals surface area contributed by atoms with Crippen LogP contribution in [0.3, 0.4) is 0 Å². The van der Waals surface area contributed by atoms with Crippen LogP contribution in [0.4, 0.5) is 8.78 Å². The van der Waals surface area contributed by atoms with Crippen LogP contribution in [0.15, 0.2) is 18.2 Å². The van der Waals surface area contributed by atoms with Gasteiger partial charge in [-0.25, -0.2) is 8.78 Å². The molecule has 0 aliphatic heterocycles. The minimum atomic E-state index is -0.612. The lowest BCUT2D eigenvalue weighted by molar-refractivity contribution is -0.122. The number of benzene rings is 1. The Morgan fingerprint density at radius 3 is 2.50 bits per heavy atom. The second kappa shape index (κ2) is 7.06. The number of halogens is 2. The van der Waals surface area contributed by atoms with Gasteiger partial charge in [0, 0.05) is 12.6 Å². The molecule has 1 aromatic rings. The lowest BCUT2D eigenvalue weighted by atomic mass is 10.1. The number of nitrogens with two attached hydrogens (primary N) is 1. The van der Waals surface area contributed by atoms with Crippen molar-refractivity contribution in [2.24, 2.45) is 5.73 Å². The normalized spacial score (nSPS) is 12.2. The van der Waals surface area contributed by atoms with Crippen molar-refractivity contribution >= 4 is 5.91 Å². The lowest BCUT2D eigenvalue weighted by Gasteiger charge is -2.11. The molecule has 0 heterocycles. The highest BCUT2D eigenvalue weighted by atomic mass is 19.1. The smallest absolute Gasteiger partial charge is 0.236 e. The molecule has 1 aromatic carbocycles. The molecule has 5 heteroatoms. The molecule has 100 valence electrons. The first-order chi connectivity index (χ1) is 8.52. The topological polar surface area (TPSA) is 55.1 Å². The maximum atomic E-state index is 12.9. The van der Waals surface area contributed by atoms with E-state index in [0.717, 1.165) is 12.5 Å². The summed E-state index contributed by atoms with van der Waals surface area (Å²) in [7, 11) is 0. The molecule has 0 unspecified atom stereocenters. The Morgan fingerprint density at radius 1 is 1.33 bits per heavy atom. The molecule has 1 atom stereocenters. The number of hydrogen-bond donors (Lipinski definition) is 2. The van der Waals surface area contributed by atoms with Crippen LogP contribution >= 0.6 is 0 Å². The minimum Gasteiger partial charge on any atom is -0.354 e. The second-order valence-electron chi connectivity index (χ2n) is 4.21. The summed E-state index contributed by atoms with van der Waals surface area (Å²) in [6.07, 6.45) is 1.84. The third-order valence-corrected chi connectivity index (χ3v) is 2.57. The van der Waals surface area contributed by atoms with E-state index in [0.29, 0.717) is 24.9 Å². The van der Waals surface area contributed by atoms with Gasteiger partial charge < -0.3 is 11.1 Å². The van der Waals surface area contributed by atoms with Crippen LogP contribution in [0.1, 0.15) is 25.3 Å².